The van der Waals surface area contributed by atoms with Crippen molar-refractivity contribution in [2.24, 2.45) is 0 Å². The number of nitrogens with zero attached hydrogens (tertiary/aromatic N) is 1. The zero-order valence-corrected chi connectivity index (χ0v) is 12.4. The second-order valence-corrected chi connectivity index (χ2v) is 7.22. The predicted molar refractivity (Wildman–Crippen MR) is 74.2 cm³/mol. The van der Waals surface area contributed by atoms with Gasteiger partial charge < -0.3 is 10.5 Å². The van der Waals surface area contributed by atoms with Gasteiger partial charge in [-0.05, 0) is 38.0 Å². The van der Waals surface area contributed by atoms with Crippen molar-refractivity contribution in [1.82, 2.24) is 4.31 Å². The topological polar surface area (TPSA) is 72.6 Å². The van der Waals surface area contributed by atoms with Crippen LogP contribution in [0.3, 0.4) is 0 Å². The van der Waals surface area contributed by atoms with Crippen molar-refractivity contribution >= 4 is 15.7 Å². The van der Waals surface area contributed by atoms with Gasteiger partial charge in [0, 0.05) is 20.2 Å². The number of benzene rings is 1. The highest BCUT2D eigenvalue weighted by Gasteiger charge is 2.37. The zero-order valence-electron chi connectivity index (χ0n) is 11.6. The molecule has 1 atom stereocenters. The van der Waals surface area contributed by atoms with E-state index in [1.54, 1.807) is 7.11 Å². The Balaban J connectivity index is 2.32. The normalized spacial score (nSPS) is 24.8. The van der Waals surface area contributed by atoms with Crippen molar-refractivity contribution in [2.75, 3.05) is 25.9 Å². The van der Waals surface area contributed by atoms with Crippen LogP contribution in [0.1, 0.15) is 19.8 Å². The molecule has 0 bridgehead atoms. The summed E-state index contributed by atoms with van der Waals surface area (Å²) < 4.78 is 45.0. The van der Waals surface area contributed by atoms with Crippen molar-refractivity contribution in [3.8, 4) is 0 Å². The molecule has 1 saturated heterocycles. The number of rotatable bonds is 3. The van der Waals surface area contributed by atoms with Gasteiger partial charge in [-0.25, -0.2) is 12.8 Å². The van der Waals surface area contributed by atoms with E-state index in [9.17, 15) is 12.8 Å². The van der Waals surface area contributed by atoms with E-state index >= 15 is 0 Å². The van der Waals surface area contributed by atoms with Crippen molar-refractivity contribution in [2.45, 2.75) is 30.3 Å². The first-order valence-electron chi connectivity index (χ1n) is 6.39. The molecule has 0 aromatic heterocycles. The number of sulfonamides is 1. The summed E-state index contributed by atoms with van der Waals surface area (Å²) in [7, 11) is -2.10. The number of anilines is 1. The first-order valence-corrected chi connectivity index (χ1v) is 7.83. The summed E-state index contributed by atoms with van der Waals surface area (Å²) in [5, 5.41) is 0. The molecule has 0 spiro atoms. The lowest BCUT2D eigenvalue weighted by Gasteiger charge is -2.38. The highest BCUT2D eigenvalue weighted by Crippen LogP contribution is 2.29. The van der Waals surface area contributed by atoms with E-state index in [4.69, 9.17) is 10.5 Å². The van der Waals surface area contributed by atoms with Crippen LogP contribution in [0.2, 0.25) is 0 Å². The van der Waals surface area contributed by atoms with E-state index in [0.29, 0.717) is 6.54 Å². The average molecular weight is 302 g/mol. The minimum Gasteiger partial charge on any atom is -0.396 e. The Kier molecular flexibility index (Phi) is 4.04. The Hall–Kier alpha value is -1.18. The Morgan fingerprint density at radius 1 is 1.45 bits per heavy atom. The van der Waals surface area contributed by atoms with Crippen LogP contribution in [0.25, 0.3) is 0 Å². The minimum atomic E-state index is -3.68. The molecular formula is C13H19FN2O3S. The number of hydrogen-bond acceptors (Lipinski definition) is 4. The number of methoxy groups -OCH3 is 1. The third kappa shape index (κ3) is 2.79. The van der Waals surface area contributed by atoms with Crippen LogP contribution in [0.4, 0.5) is 10.1 Å². The van der Waals surface area contributed by atoms with Gasteiger partial charge in [0.05, 0.1) is 16.2 Å². The molecule has 112 valence electrons. The van der Waals surface area contributed by atoms with Gasteiger partial charge in [-0.1, -0.05) is 0 Å². The molecule has 1 aromatic rings. The summed E-state index contributed by atoms with van der Waals surface area (Å²) in [6.07, 6.45) is 1.53. The second-order valence-electron chi connectivity index (χ2n) is 5.28. The number of halogens is 1. The summed E-state index contributed by atoms with van der Waals surface area (Å²) in [5.41, 5.74) is 4.79. The van der Waals surface area contributed by atoms with Crippen molar-refractivity contribution in [1.29, 1.82) is 0 Å². The van der Waals surface area contributed by atoms with Crippen molar-refractivity contribution < 1.29 is 17.5 Å². The standard InChI is InChI=1S/C13H19FN2O3S/c1-13(19-2)6-3-7-16(9-13)20(17,18)10-4-5-11(14)12(15)8-10/h4-5,8H,3,6-7,9,15H2,1-2H3. The third-order valence-corrected chi connectivity index (χ3v) is 5.56. The fraction of sp³-hybridized carbons (Fsp3) is 0.538. The summed E-state index contributed by atoms with van der Waals surface area (Å²) in [6.45, 7) is 2.59. The Bertz CT molecular complexity index is 606. The summed E-state index contributed by atoms with van der Waals surface area (Å²) in [4.78, 5) is 0.0109. The fourth-order valence-corrected chi connectivity index (χ4v) is 3.99. The number of nitrogens with two attached hydrogens (primary N) is 1. The summed E-state index contributed by atoms with van der Waals surface area (Å²) in [5.74, 6) is -0.621. The molecule has 1 aliphatic rings. The van der Waals surface area contributed by atoms with Gasteiger partial charge >= 0.3 is 0 Å². The van der Waals surface area contributed by atoms with Gasteiger partial charge in [0.15, 0.2) is 0 Å². The molecule has 2 N–H and O–H groups in total. The van der Waals surface area contributed by atoms with Gasteiger partial charge in [-0.3, -0.25) is 0 Å². The molecule has 0 aliphatic carbocycles. The van der Waals surface area contributed by atoms with E-state index in [0.717, 1.165) is 25.0 Å². The van der Waals surface area contributed by atoms with E-state index in [2.05, 4.69) is 0 Å². The predicted octanol–water partition coefficient (Wildman–Crippen LogP) is 1.60. The molecule has 0 radical (unpaired) electrons. The largest absolute Gasteiger partial charge is 0.396 e. The van der Waals surface area contributed by atoms with E-state index in [1.807, 2.05) is 6.92 Å². The van der Waals surface area contributed by atoms with Gasteiger partial charge in [0.25, 0.3) is 0 Å². The first-order chi connectivity index (χ1) is 9.28. The Morgan fingerprint density at radius 2 is 2.15 bits per heavy atom. The van der Waals surface area contributed by atoms with Gasteiger partial charge in [-0.15, -0.1) is 0 Å². The highest BCUT2D eigenvalue weighted by molar-refractivity contribution is 7.89. The number of hydrogen-bond donors (Lipinski definition) is 1. The third-order valence-electron chi connectivity index (χ3n) is 3.72. The van der Waals surface area contributed by atoms with Crippen LogP contribution in [0.15, 0.2) is 23.1 Å². The molecule has 1 aromatic carbocycles. The van der Waals surface area contributed by atoms with Gasteiger partial charge in [-0.2, -0.15) is 4.31 Å². The zero-order chi connectivity index (χ0) is 15.0. The van der Waals surface area contributed by atoms with Crippen LogP contribution in [0.5, 0.6) is 0 Å². The van der Waals surface area contributed by atoms with Crippen LogP contribution in [-0.4, -0.2) is 38.5 Å². The minimum absolute atomic E-state index is 0.0109. The van der Waals surface area contributed by atoms with Gasteiger partial charge in [0.2, 0.25) is 10.0 Å². The lowest BCUT2D eigenvalue weighted by Crippen LogP contribution is -2.49. The molecule has 0 amide bonds. The smallest absolute Gasteiger partial charge is 0.243 e. The molecule has 0 saturated carbocycles. The SMILES string of the molecule is COC1(C)CCCN(S(=O)(=O)c2ccc(F)c(N)c2)C1. The molecule has 1 aliphatic heterocycles. The quantitative estimate of drug-likeness (QED) is 0.861. The molecule has 20 heavy (non-hydrogen) atoms. The Labute approximate surface area is 118 Å². The number of piperidine rings is 1. The fourth-order valence-electron chi connectivity index (χ4n) is 2.36. The lowest BCUT2D eigenvalue weighted by molar-refractivity contribution is -0.0319. The van der Waals surface area contributed by atoms with Crippen molar-refractivity contribution in [3.05, 3.63) is 24.0 Å². The van der Waals surface area contributed by atoms with Crippen LogP contribution in [-0.2, 0) is 14.8 Å². The average Bonchev–Trinajstić information content (AvgIpc) is 2.42. The first kappa shape index (κ1) is 15.2. The second kappa shape index (κ2) is 5.31. The van der Waals surface area contributed by atoms with Crippen molar-refractivity contribution in [3.63, 3.8) is 0 Å². The molecule has 1 fully saturated rings. The lowest BCUT2D eigenvalue weighted by atomic mass is 9.96. The molecule has 1 unspecified atom stereocenters. The molecule has 7 heteroatoms. The van der Waals surface area contributed by atoms with Crippen LogP contribution in [0, 0.1) is 5.82 Å². The van der Waals surface area contributed by atoms with Crippen LogP contribution >= 0.6 is 0 Å². The maximum absolute atomic E-state index is 13.2. The highest BCUT2D eigenvalue weighted by atomic mass is 32.2. The van der Waals surface area contributed by atoms with E-state index in [1.165, 1.54) is 10.4 Å². The maximum Gasteiger partial charge on any atom is 0.243 e. The molecule has 5 nitrogen and oxygen atoms in total. The van der Waals surface area contributed by atoms with E-state index in [-0.39, 0.29) is 17.1 Å². The van der Waals surface area contributed by atoms with Crippen LogP contribution < -0.4 is 5.73 Å². The summed E-state index contributed by atoms with van der Waals surface area (Å²) >= 11 is 0. The number of ether oxygens (including phenoxy) is 1. The maximum atomic E-state index is 13.2. The molecule has 2 rings (SSSR count). The van der Waals surface area contributed by atoms with Gasteiger partial charge in [0.1, 0.15) is 5.82 Å². The summed E-state index contributed by atoms with van der Waals surface area (Å²) in [6, 6.07) is 3.46. The molecule has 1 heterocycles. The Morgan fingerprint density at radius 3 is 2.75 bits per heavy atom. The number of nitrogen functional groups attached to an aromatic ring is 1. The van der Waals surface area contributed by atoms with E-state index < -0.39 is 21.4 Å². The molecular weight excluding hydrogens is 283 g/mol. The monoisotopic (exact) mass is 302 g/mol.